The summed E-state index contributed by atoms with van der Waals surface area (Å²) in [4.78, 5) is 19.7. The number of hydrogen-bond donors (Lipinski definition) is 0. The highest BCUT2D eigenvalue weighted by atomic mass is 79.9. The molecule has 0 radical (unpaired) electrons. The van der Waals surface area contributed by atoms with E-state index in [-0.39, 0.29) is 0 Å². The summed E-state index contributed by atoms with van der Waals surface area (Å²) in [5, 5.41) is 0. The Labute approximate surface area is 213 Å². The Morgan fingerprint density at radius 3 is 2.34 bits per heavy atom. The molecular formula is C29H28BrN3O2. The summed E-state index contributed by atoms with van der Waals surface area (Å²) < 4.78 is 8.63. The molecule has 6 heteroatoms. The molecule has 1 aromatic heterocycles. The minimum atomic E-state index is 0.290. The van der Waals surface area contributed by atoms with Crippen molar-refractivity contribution in [1.82, 2.24) is 14.5 Å². The summed E-state index contributed by atoms with van der Waals surface area (Å²) in [6.07, 6.45) is 3.18. The number of amides is 1. The highest BCUT2D eigenvalue weighted by molar-refractivity contribution is 9.10. The van der Waals surface area contributed by atoms with E-state index in [0.717, 1.165) is 82.7 Å². The van der Waals surface area contributed by atoms with Gasteiger partial charge in [0.05, 0.1) is 12.6 Å². The molecule has 3 aromatic carbocycles. The summed E-state index contributed by atoms with van der Waals surface area (Å²) in [6.45, 7) is 2.58. The molecule has 2 fully saturated rings. The number of likely N-dealkylation sites (tertiary alicyclic amines) is 1. The Morgan fingerprint density at radius 2 is 1.66 bits per heavy atom. The highest BCUT2D eigenvalue weighted by Gasteiger charge is 2.36. The second-order valence-corrected chi connectivity index (χ2v) is 10.5. The summed E-state index contributed by atoms with van der Waals surface area (Å²) in [6, 6.07) is 23.0. The van der Waals surface area contributed by atoms with Crippen LogP contribution in [-0.2, 0) is 11.3 Å². The van der Waals surface area contributed by atoms with Crippen LogP contribution >= 0.6 is 15.9 Å². The molecule has 1 saturated carbocycles. The molecule has 2 heterocycles. The summed E-state index contributed by atoms with van der Waals surface area (Å²) >= 11 is 3.70. The number of carbonyl (C=O) groups is 1. The lowest BCUT2D eigenvalue weighted by Crippen LogP contribution is -2.30. The molecule has 0 N–H and O–H groups in total. The quantitative estimate of drug-likeness (QED) is 0.290. The minimum Gasteiger partial charge on any atom is -0.497 e. The van der Waals surface area contributed by atoms with Gasteiger partial charge in [-0.25, -0.2) is 4.98 Å². The largest absolute Gasteiger partial charge is 0.497 e. The normalized spacial score (nSPS) is 17.8. The molecule has 1 unspecified atom stereocenters. The zero-order valence-electron chi connectivity index (χ0n) is 19.8. The summed E-state index contributed by atoms with van der Waals surface area (Å²) in [5.41, 5.74) is 5.51. The third-order valence-electron chi connectivity index (χ3n) is 7.26. The standard InChI is InChI=1S/C29H28BrN3O2/c1-35-24-13-11-21(12-14-24)20-5-7-22(8-6-20)28-31-27-25(30)3-2-4-26(27)33(28)18-19-15-16-32(17-19)29(34)23-9-10-23/h2-8,11-14,19,23H,9-10,15-18H2,1H3. The number of imidazole rings is 1. The lowest BCUT2D eigenvalue weighted by atomic mass is 10.0. The third-order valence-corrected chi connectivity index (χ3v) is 7.90. The molecule has 0 spiro atoms. The van der Waals surface area contributed by atoms with Crippen molar-refractivity contribution in [2.75, 3.05) is 20.2 Å². The van der Waals surface area contributed by atoms with E-state index in [1.807, 2.05) is 18.2 Å². The Kier molecular flexibility index (Phi) is 5.85. The van der Waals surface area contributed by atoms with Crippen LogP contribution in [0.1, 0.15) is 19.3 Å². The van der Waals surface area contributed by atoms with Crippen LogP contribution in [0.5, 0.6) is 5.75 Å². The molecule has 6 rings (SSSR count). The molecule has 1 saturated heterocycles. The van der Waals surface area contributed by atoms with Gasteiger partial charge in [-0.15, -0.1) is 0 Å². The van der Waals surface area contributed by atoms with Gasteiger partial charge in [0.1, 0.15) is 17.1 Å². The predicted molar refractivity (Wildman–Crippen MR) is 142 cm³/mol. The monoisotopic (exact) mass is 529 g/mol. The van der Waals surface area contributed by atoms with Gasteiger partial charge in [0.25, 0.3) is 0 Å². The number of ether oxygens (including phenoxy) is 1. The first-order valence-corrected chi connectivity index (χ1v) is 13.1. The molecule has 4 aromatic rings. The maximum absolute atomic E-state index is 12.6. The first-order valence-electron chi connectivity index (χ1n) is 12.3. The first-order chi connectivity index (χ1) is 17.1. The van der Waals surface area contributed by atoms with Crippen molar-refractivity contribution >= 4 is 32.9 Å². The van der Waals surface area contributed by atoms with Gasteiger partial charge >= 0.3 is 0 Å². The van der Waals surface area contributed by atoms with Gasteiger partial charge < -0.3 is 14.2 Å². The van der Waals surface area contributed by atoms with Gasteiger partial charge in [-0.3, -0.25) is 4.79 Å². The van der Waals surface area contributed by atoms with Crippen LogP contribution in [0.15, 0.2) is 71.2 Å². The Bertz CT molecular complexity index is 1370. The van der Waals surface area contributed by atoms with Gasteiger partial charge in [-0.1, -0.05) is 42.5 Å². The SMILES string of the molecule is COc1ccc(-c2ccc(-c3nc4c(Br)cccc4n3CC3CCN(C(=O)C4CC4)C3)cc2)cc1. The molecule has 178 valence electrons. The van der Waals surface area contributed by atoms with Crippen LogP contribution in [0.3, 0.4) is 0 Å². The fourth-order valence-corrected chi connectivity index (χ4v) is 5.59. The van der Waals surface area contributed by atoms with E-state index in [2.05, 4.69) is 73.9 Å². The predicted octanol–water partition coefficient (Wildman–Crippen LogP) is 6.40. The van der Waals surface area contributed by atoms with Crippen molar-refractivity contribution in [3.8, 4) is 28.3 Å². The van der Waals surface area contributed by atoms with Gasteiger partial charge in [0.15, 0.2) is 0 Å². The van der Waals surface area contributed by atoms with E-state index < -0.39 is 0 Å². The van der Waals surface area contributed by atoms with Crippen LogP contribution in [0.4, 0.5) is 0 Å². The van der Waals surface area contributed by atoms with Crippen LogP contribution in [0.2, 0.25) is 0 Å². The lowest BCUT2D eigenvalue weighted by molar-refractivity contribution is -0.131. The summed E-state index contributed by atoms with van der Waals surface area (Å²) in [7, 11) is 1.68. The van der Waals surface area contributed by atoms with Gasteiger partial charge in [-0.2, -0.15) is 0 Å². The Balaban J connectivity index is 1.31. The Morgan fingerprint density at radius 1 is 0.971 bits per heavy atom. The maximum atomic E-state index is 12.6. The van der Waals surface area contributed by atoms with Crippen molar-refractivity contribution in [2.24, 2.45) is 11.8 Å². The van der Waals surface area contributed by atoms with Crippen molar-refractivity contribution in [1.29, 1.82) is 0 Å². The average Bonchev–Trinajstić information content (AvgIpc) is 3.53. The average molecular weight is 530 g/mol. The fraction of sp³-hybridized carbons (Fsp3) is 0.310. The number of para-hydroxylation sites is 1. The van der Waals surface area contributed by atoms with Crippen molar-refractivity contribution in [2.45, 2.75) is 25.8 Å². The van der Waals surface area contributed by atoms with E-state index in [0.29, 0.717) is 17.7 Å². The molecule has 35 heavy (non-hydrogen) atoms. The van der Waals surface area contributed by atoms with Crippen LogP contribution in [-0.4, -0.2) is 40.6 Å². The zero-order valence-corrected chi connectivity index (χ0v) is 21.4. The van der Waals surface area contributed by atoms with Gasteiger partial charge in [0, 0.05) is 35.6 Å². The number of hydrogen-bond acceptors (Lipinski definition) is 3. The molecular weight excluding hydrogens is 502 g/mol. The van der Waals surface area contributed by atoms with E-state index in [9.17, 15) is 4.79 Å². The van der Waals surface area contributed by atoms with Crippen molar-refractivity contribution < 1.29 is 9.53 Å². The topological polar surface area (TPSA) is 47.4 Å². The highest BCUT2D eigenvalue weighted by Crippen LogP contribution is 2.35. The van der Waals surface area contributed by atoms with E-state index in [1.165, 1.54) is 0 Å². The van der Waals surface area contributed by atoms with Gasteiger partial charge in [0.2, 0.25) is 5.91 Å². The van der Waals surface area contributed by atoms with Crippen LogP contribution in [0.25, 0.3) is 33.5 Å². The number of fused-ring (bicyclic) bond motifs is 1. The number of halogens is 1. The lowest BCUT2D eigenvalue weighted by Gasteiger charge is -2.18. The maximum Gasteiger partial charge on any atom is 0.225 e. The second kappa shape index (κ2) is 9.15. The minimum absolute atomic E-state index is 0.290. The Hall–Kier alpha value is -3.12. The number of aromatic nitrogens is 2. The zero-order chi connectivity index (χ0) is 23.9. The fourth-order valence-electron chi connectivity index (χ4n) is 5.14. The number of nitrogens with zero attached hydrogens (tertiary/aromatic N) is 3. The molecule has 1 amide bonds. The molecule has 1 aliphatic carbocycles. The van der Waals surface area contributed by atoms with Gasteiger partial charge in [-0.05, 0) is 76.5 Å². The summed E-state index contributed by atoms with van der Waals surface area (Å²) in [5.74, 6) is 2.92. The van der Waals surface area contributed by atoms with E-state index in [1.54, 1.807) is 7.11 Å². The van der Waals surface area contributed by atoms with Crippen molar-refractivity contribution in [3.63, 3.8) is 0 Å². The number of benzene rings is 3. The number of methoxy groups -OCH3 is 1. The van der Waals surface area contributed by atoms with Crippen LogP contribution in [0, 0.1) is 11.8 Å². The second-order valence-electron chi connectivity index (χ2n) is 9.67. The molecule has 1 aliphatic heterocycles. The van der Waals surface area contributed by atoms with E-state index in [4.69, 9.17) is 9.72 Å². The smallest absolute Gasteiger partial charge is 0.225 e. The third kappa shape index (κ3) is 4.36. The van der Waals surface area contributed by atoms with Crippen LogP contribution < -0.4 is 4.74 Å². The molecule has 5 nitrogen and oxygen atoms in total. The number of carbonyl (C=O) groups excluding carboxylic acids is 1. The first kappa shape index (κ1) is 22.4. The van der Waals surface area contributed by atoms with E-state index >= 15 is 0 Å². The molecule has 0 bridgehead atoms. The molecule has 2 aliphatic rings. The molecule has 1 atom stereocenters. The number of rotatable bonds is 6. The van der Waals surface area contributed by atoms with Crippen molar-refractivity contribution in [3.05, 3.63) is 71.2 Å².